The first-order valence-electron chi connectivity index (χ1n) is 7.68. The van der Waals surface area contributed by atoms with Gasteiger partial charge >= 0.3 is 0 Å². The molecule has 0 radical (unpaired) electrons. The number of aromatic amines is 1. The van der Waals surface area contributed by atoms with E-state index < -0.39 is 17.0 Å². The van der Waals surface area contributed by atoms with Gasteiger partial charge in [-0.05, 0) is 38.3 Å². The third kappa shape index (κ3) is 2.80. The van der Waals surface area contributed by atoms with Crippen molar-refractivity contribution in [3.05, 3.63) is 57.0 Å². The number of thioether (sulfide) groups is 1. The average Bonchev–Trinajstić information content (AvgIpc) is 3.29. The summed E-state index contributed by atoms with van der Waals surface area (Å²) in [5.74, 6) is -0.328. The highest BCUT2D eigenvalue weighted by atomic mass is 32.2. The molecule has 1 N–H and O–H groups in total. The standard InChI is InChI=1S/C17H18F2N2OS/c1-3-9-23-16-20-14(10(2)15(22)21-16)17(7-8-17)13-11(18)5-4-6-12(13)19/h4-6H,3,7-9H2,1-2H3,(H,20,21,22). The van der Waals surface area contributed by atoms with Gasteiger partial charge in [-0.25, -0.2) is 13.8 Å². The Morgan fingerprint density at radius 1 is 1.30 bits per heavy atom. The molecular weight excluding hydrogens is 318 g/mol. The molecule has 1 aromatic carbocycles. The Morgan fingerprint density at radius 3 is 2.52 bits per heavy atom. The van der Waals surface area contributed by atoms with Crippen LogP contribution in [0.15, 0.2) is 28.2 Å². The van der Waals surface area contributed by atoms with Crippen LogP contribution in [0.4, 0.5) is 8.78 Å². The van der Waals surface area contributed by atoms with Gasteiger partial charge in [-0.3, -0.25) is 4.79 Å². The van der Waals surface area contributed by atoms with Gasteiger partial charge in [0.1, 0.15) is 11.6 Å². The normalized spacial score (nSPS) is 15.7. The predicted octanol–water partition coefficient (Wildman–Crippen LogP) is 3.94. The van der Waals surface area contributed by atoms with Gasteiger partial charge in [-0.1, -0.05) is 24.8 Å². The number of hydrogen-bond donors (Lipinski definition) is 1. The predicted molar refractivity (Wildman–Crippen MR) is 87.0 cm³/mol. The summed E-state index contributed by atoms with van der Waals surface area (Å²) >= 11 is 1.45. The highest BCUT2D eigenvalue weighted by Gasteiger charge is 2.52. The largest absolute Gasteiger partial charge is 0.301 e. The van der Waals surface area contributed by atoms with Gasteiger partial charge in [0.05, 0.1) is 5.69 Å². The van der Waals surface area contributed by atoms with Crippen LogP contribution in [-0.4, -0.2) is 15.7 Å². The second-order valence-electron chi connectivity index (χ2n) is 5.87. The molecule has 1 aromatic heterocycles. The zero-order valence-electron chi connectivity index (χ0n) is 13.1. The third-order valence-corrected chi connectivity index (χ3v) is 5.30. The van der Waals surface area contributed by atoms with E-state index in [2.05, 4.69) is 9.97 Å². The van der Waals surface area contributed by atoms with Gasteiger partial charge in [0.2, 0.25) is 0 Å². The van der Waals surface area contributed by atoms with Crippen molar-refractivity contribution >= 4 is 11.8 Å². The molecule has 23 heavy (non-hydrogen) atoms. The molecule has 0 atom stereocenters. The van der Waals surface area contributed by atoms with E-state index >= 15 is 0 Å². The Labute approximate surface area is 137 Å². The minimum Gasteiger partial charge on any atom is -0.301 e. The maximum atomic E-state index is 14.2. The molecular formula is C17H18F2N2OS. The van der Waals surface area contributed by atoms with Crippen LogP contribution in [0.5, 0.6) is 0 Å². The monoisotopic (exact) mass is 336 g/mol. The minimum absolute atomic E-state index is 0.0349. The number of nitrogens with one attached hydrogen (secondary N) is 1. The number of rotatable bonds is 5. The molecule has 122 valence electrons. The second kappa shape index (κ2) is 6.07. The fourth-order valence-corrected chi connectivity index (χ4v) is 3.65. The van der Waals surface area contributed by atoms with Crippen LogP contribution in [0.3, 0.4) is 0 Å². The maximum absolute atomic E-state index is 14.2. The molecule has 0 saturated heterocycles. The molecule has 0 bridgehead atoms. The first-order valence-corrected chi connectivity index (χ1v) is 8.67. The molecule has 2 aromatic rings. The van der Waals surface area contributed by atoms with Crippen molar-refractivity contribution in [3.63, 3.8) is 0 Å². The van der Waals surface area contributed by atoms with Gasteiger partial charge in [-0.2, -0.15) is 0 Å². The van der Waals surface area contributed by atoms with E-state index in [4.69, 9.17) is 0 Å². The average molecular weight is 336 g/mol. The Bertz CT molecular complexity index is 779. The molecule has 1 aliphatic carbocycles. The van der Waals surface area contributed by atoms with Crippen molar-refractivity contribution in [1.82, 2.24) is 9.97 Å². The number of halogens is 2. The van der Waals surface area contributed by atoms with Crippen molar-refractivity contribution in [3.8, 4) is 0 Å². The first-order chi connectivity index (χ1) is 11.0. The van der Waals surface area contributed by atoms with Crippen LogP contribution in [-0.2, 0) is 5.41 Å². The van der Waals surface area contributed by atoms with Crippen LogP contribution < -0.4 is 5.56 Å². The van der Waals surface area contributed by atoms with Gasteiger partial charge in [0.25, 0.3) is 5.56 Å². The lowest BCUT2D eigenvalue weighted by molar-refractivity contribution is 0.530. The van der Waals surface area contributed by atoms with E-state index in [0.29, 0.717) is 29.3 Å². The summed E-state index contributed by atoms with van der Waals surface area (Å²) in [6.07, 6.45) is 2.14. The quantitative estimate of drug-likeness (QED) is 0.664. The summed E-state index contributed by atoms with van der Waals surface area (Å²) in [4.78, 5) is 19.5. The Hall–Kier alpha value is -1.69. The summed E-state index contributed by atoms with van der Waals surface area (Å²) in [5, 5.41) is 0.514. The van der Waals surface area contributed by atoms with E-state index in [1.54, 1.807) is 6.92 Å². The molecule has 6 heteroatoms. The van der Waals surface area contributed by atoms with E-state index in [0.717, 1.165) is 12.2 Å². The molecule has 0 unspecified atom stereocenters. The SMILES string of the molecule is CCCSc1nc(C2(c3c(F)cccc3F)CC2)c(C)c(=O)[nH]1. The summed E-state index contributed by atoms with van der Waals surface area (Å²) in [7, 11) is 0. The molecule has 1 heterocycles. The summed E-state index contributed by atoms with van der Waals surface area (Å²) < 4.78 is 28.5. The van der Waals surface area contributed by atoms with Crippen LogP contribution in [0.25, 0.3) is 0 Å². The second-order valence-corrected chi connectivity index (χ2v) is 6.96. The van der Waals surface area contributed by atoms with E-state index in [9.17, 15) is 13.6 Å². The van der Waals surface area contributed by atoms with Crippen molar-refractivity contribution in [2.75, 3.05) is 5.75 Å². The zero-order chi connectivity index (χ0) is 16.6. The number of aromatic nitrogens is 2. The minimum atomic E-state index is -0.810. The topological polar surface area (TPSA) is 45.8 Å². The lowest BCUT2D eigenvalue weighted by Gasteiger charge is -2.19. The van der Waals surface area contributed by atoms with Crippen molar-refractivity contribution in [2.45, 2.75) is 43.7 Å². The van der Waals surface area contributed by atoms with E-state index in [1.165, 1.54) is 30.0 Å². The summed E-state index contributed by atoms with van der Waals surface area (Å²) in [6, 6.07) is 3.87. The lowest BCUT2D eigenvalue weighted by atomic mass is 9.89. The smallest absolute Gasteiger partial charge is 0.254 e. The molecule has 0 amide bonds. The van der Waals surface area contributed by atoms with Crippen LogP contribution in [0.2, 0.25) is 0 Å². The molecule has 1 aliphatic rings. The zero-order valence-corrected chi connectivity index (χ0v) is 13.9. The Balaban J connectivity index is 2.14. The van der Waals surface area contributed by atoms with Crippen LogP contribution >= 0.6 is 11.8 Å². The molecule has 1 fully saturated rings. The van der Waals surface area contributed by atoms with E-state index in [-0.39, 0.29) is 11.1 Å². The van der Waals surface area contributed by atoms with Gasteiger partial charge in [-0.15, -0.1) is 0 Å². The van der Waals surface area contributed by atoms with Crippen molar-refractivity contribution in [2.24, 2.45) is 0 Å². The molecule has 3 rings (SSSR count). The number of nitrogens with zero attached hydrogens (tertiary/aromatic N) is 1. The summed E-state index contributed by atoms with van der Waals surface area (Å²) in [5.41, 5.74) is -0.0749. The number of H-pyrrole nitrogens is 1. The Morgan fingerprint density at radius 2 is 1.96 bits per heavy atom. The molecule has 1 saturated carbocycles. The highest BCUT2D eigenvalue weighted by molar-refractivity contribution is 7.99. The fourth-order valence-electron chi connectivity index (χ4n) is 2.93. The number of benzene rings is 1. The maximum Gasteiger partial charge on any atom is 0.254 e. The van der Waals surface area contributed by atoms with Crippen LogP contribution in [0.1, 0.15) is 43.0 Å². The van der Waals surface area contributed by atoms with E-state index in [1.807, 2.05) is 6.92 Å². The summed E-state index contributed by atoms with van der Waals surface area (Å²) in [6.45, 7) is 3.70. The molecule has 0 spiro atoms. The van der Waals surface area contributed by atoms with Crippen molar-refractivity contribution in [1.29, 1.82) is 0 Å². The third-order valence-electron chi connectivity index (χ3n) is 4.22. The van der Waals surface area contributed by atoms with Gasteiger partial charge < -0.3 is 4.98 Å². The van der Waals surface area contributed by atoms with Gasteiger partial charge in [0.15, 0.2) is 5.16 Å². The van der Waals surface area contributed by atoms with Crippen molar-refractivity contribution < 1.29 is 8.78 Å². The molecule has 3 nitrogen and oxygen atoms in total. The Kier molecular flexibility index (Phi) is 4.27. The molecule has 0 aliphatic heterocycles. The number of hydrogen-bond acceptors (Lipinski definition) is 3. The highest BCUT2D eigenvalue weighted by Crippen LogP contribution is 2.54. The fraction of sp³-hybridized carbons (Fsp3) is 0.412. The lowest BCUT2D eigenvalue weighted by Crippen LogP contribution is -2.24. The van der Waals surface area contributed by atoms with Crippen LogP contribution in [0, 0.1) is 18.6 Å². The van der Waals surface area contributed by atoms with Gasteiger partial charge in [0, 0.05) is 22.3 Å². The first kappa shape index (κ1) is 16.2.